The molecule has 0 saturated carbocycles. The van der Waals surface area contributed by atoms with E-state index >= 15 is 0 Å². The third-order valence-electron chi connectivity index (χ3n) is 2.90. The van der Waals surface area contributed by atoms with E-state index < -0.39 is 0 Å². The zero-order valence-electron chi connectivity index (χ0n) is 10.3. The smallest absolute Gasteiger partial charge is 0.339 e. The first-order valence-corrected chi connectivity index (χ1v) is 6.06. The minimum atomic E-state index is -0.280. The molecular weight excluding hydrogens is 214 g/mol. The Morgan fingerprint density at radius 2 is 2.35 bits per heavy atom. The third-order valence-corrected chi connectivity index (χ3v) is 2.90. The summed E-state index contributed by atoms with van der Waals surface area (Å²) in [5, 5.41) is 0. The van der Waals surface area contributed by atoms with Crippen LogP contribution in [0.2, 0.25) is 0 Å². The molecule has 1 aromatic rings. The monoisotopic (exact) mass is 231 g/mol. The van der Waals surface area contributed by atoms with Crippen LogP contribution in [0.5, 0.6) is 0 Å². The molecule has 0 aromatic carbocycles. The summed E-state index contributed by atoms with van der Waals surface area (Å²) in [5.74, 6) is -0.280. The van der Waals surface area contributed by atoms with Gasteiger partial charge < -0.3 is 4.74 Å². The number of aryl methyl sites for hydroxylation is 2. The molecule has 0 atom stereocenters. The van der Waals surface area contributed by atoms with Gasteiger partial charge in [0.25, 0.3) is 0 Å². The molecule has 3 heteroatoms. The lowest BCUT2D eigenvalue weighted by atomic mass is 10.1. The molecule has 0 radical (unpaired) electrons. The number of hydrogen-bond donors (Lipinski definition) is 0. The predicted octanol–water partition coefficient (Wildman–Crippen LogP) is 2.92. The van der Waals surface area contributed by atoms with Crippen molar-refractivity contribution in [2.45, 2.75) is 33.1 Å². The van der Waals surface area contributed by atoms with Crippen LogP contribution in [-0.4, -0.2) is 17.6 Å². The van der Waals surface area contributed by atoms with E-state index in [0.717, 1.165) is 36.2 Å². The number of aromatic nitrogens is 1. The van der Waals surface area contributed by atoms with Gasteiger partial charge in [0.2, 0.25) is 0 Å². The van der Waals surface area contributed by atoms with Crippen LogP contribution in [0, 0.1) is 6.92 Å². The maximum Gasteiger partial charge on any atom is 0.339 e. The molecule has 1 aromatic heterocycles. The third kappa shape index (κ3) is 2.54. The number of pyridine rings is 1. The van der Waals surface area contributed by atoms with Crippen LogP contribution in [-0.2, 0) is 11.2 Å². The molecule has 0 fully saturated rings. The van der Waals surface area contributed by atoms with Gasteiger partial charge in [0.05, 0.1) is 17.9 Å². The standard InChI is InChI=1S/C14H17NO2/c1-3-17-14(16)12-9-11-7-5-4-6-8-13(11)15-10(12)2/h5,7,9H,3-4,6,8H2,1-2H3. The van der Waals surface area contributed by atoms with Gasteiger partial charge in [-0.3, -0.25) is 4.98 Å². The largest absolute Gasteiger partial charge is 0.462 e. The van der Waals surface area contributed by atoms with Crippen LogP contribution >= 0.6 is 0 Å². The molecular formula is C14H17NO2. The van der Waals surface area contributed by atoms with Gasteiger partial charge in [0, 0.05) is 5.69 Å². The number of allylic oxidation sites excluding steroid dienone is 1. The summed E-state index contributed by atoms with van der Waals surface area (Å²) < 4.78 is 5.03. The number of esters is 1. The lowest BCUT2D eigenvalue weighted by molar-refractivity contribution is 0.0525. The van der Waals surface area contributed by atoms with E-state index in [9.17, 15) is 4.79 Å². The Hall–Kier alpha value is -1.64. The van der Waals surface area contributed by atoms with Crippen molar-refractivity contribution in [3.05, 3.63) is 34.7 Å². The number of ether oxygens (including phenoxy) is 1. The summed E-state index contributed by atoms with van der Waals surface area (Å²) >= 11 is 0. The summed E-state index contributed by atoms with van der Waals surface area (Å²) in [4.78, 5) is 16.3. The van der Waals surface area contributed by atoms with E-state index in [1.807, 2.05) is 19.9 Å². The predicted molar refractivity (Wildman–Crippen MR) is 66.9 cm³/mol. The average Bonchev–Trinajstić information content (AvgIpc) is 2.52. The highest BCUT2D eigenvalue weighted by Gasteiger charge is 2.15. The molecule has 0 bridgehead atoms. The van der Waals surface area contributed by atoms with Crippen molar-refractivity contribution in [1.82, 2.24) is 4.98 Å². The highest BCUT2D eigenvalue weighted by atomic mass is 16.5. The van der Waals surface area contributed by atoms with Crippen molar-refractivity contribution in [1.29, 1.82) is 0 Å². The summed E-state index contributed by atoms with van der Waals surface area (Å²) in [5.41, 5.74) is 3.48. The van der Waals surface area contributed by atoms with Crippen LogP contribution in [0.1, 0.15) is 47.1 Å². The van der Waals surface area contributed by atoms with Gasteiger partial charge in [-0.15, -0.1) is 0 Å². The Morgan fingerprint density at radius 3 is 3.12 bits per heavy atom. The fraction of sp³-hybridized carbons (Fsp3) is 0.429. The average molecular weight is 231 g/mol. The van der Waals surface area contributed by atoms with Gasteiger partial charge in [-0.05, 0) is 44.7 Å². The summed E-state index contributed by atoms with van der Waals surface area (Å²) in [7, 11) is 0. The SMILES string of the molecule is CCOC(=O)c1cc2c(nc1C)CCCC=C2. The number of nitrogens with zero attached hydrogens (tertiary/aromatic N) is 1. The minimum absolute atomic E-state index is 0.280. The second-order valence-electron chi connectivity index (χ2n) is 4.17. The molecule has 2 rings (SSSR count). The molecule has 1 heterocycles. The quantitative estimate of drug-likeness (QED) is 0.735. The Morgan fingerprint density at radius 1 is 1.53 bits per heavy atom. The topological polar surface area (TPSA) is 39.2 Å². The lowest BCUT2D eigenvalue weighted by Gasteiger charge is -2.09. The Bertz CT molecular complexity index is 464. The second kappa shape index (κ2) is 5.13. The van der Waals surface area contributed by atoms with Crippen molar-refractivity contribution < 1.29 is 9.53 Å². The highest BCUT2D eigenvalue weighted by Crippen LogP contribution is 2.20. The van der Waals surface area contributed by atoms with Gasteiger partial charge in [-0.2, -0.15) is 0 Å². The highest BCUT2D eigenvalue weighted by molar-refractivity contribution is 5.91. The second-order valence-corrected chi connectivity index (χ2v) is 4.17. The van der Waals surface area contributed by atoms with Crippen LogP contribution in [0.3, 0.4) is 0 Å². The first-order valence-electron chi connectivity index (χ1n) is 6.06. The van der Waals surface area contributed by atoms with Crippen molar-refractivity contribution in [3.8, 4) is 0 Å². The number of hydrogen-bond acceptors (Lipinski definition) is 3. The molecule has 90 valence electrons. The molecule has 0 N–H and O–H groups in total. The Kier molecular flexibility index (Phi) is 3.57. The maximum atomic E-state index is 11.8. The number of carbonyl (C=O) groups is 1. The van der Waals surface area contributed by atoms with Gasteiger partial charge >= 0.3 is 5.97 Å². The van der Waals surface area contributed by atoms with E-state index in [2.05, 4.69) is 17.1 Å². The fourth-order valence-electron chi connectivity index (χ4n) is 2.03. The normalized spacial score (nSPS) is 14.0. The van der Waals surface area contributed by atoms with Gasteiger partial charge in [-0.25, -0.2) is 4.79 Å². The zero-order valence-corrected chi connectivity index (χ0v) is 10.3. The Labute approximate surface area is 102 Å². The van der Waals surface area contributed by atoms with E-state index in [1.54, 1.807) is 0 Å². The molecule has 17 heavy (non-hydrogen) atoms. The number of carbonyl (C=O) groups excluding carboxylic acids is 1. The molecule has 0 spiro atoms. The molecule has 0 aliphatic heterocycles. The van der Waals surface area contributed by atoms with Crippen LogP contribution in [0.4, 0.5) is 0 Å². The summed E-state index contributed by atoms with van der Waals surface area (Å²) in [6, 6.07) is 1.90. The molecule has 1 aliphatic carbocycles. The van der Waals surface area contributed by atoms with Gasteiger partial charge in [0.1, 0.15) is 0 Å². The number of rotatable bonds is 2. The van der Waals surface area contributed by atoms with Crippen molar-refractivity contribution >= 4 is 12.0 Å². The van der Waals surface area contributed by atoms with E-state index in [-0.39, 0.29) is 5.97 Å². The van der Waals surface area contributed by atoms with Crippen LogP contribution in [0.15, 0.2) is 12.1 Å². The van der Waals surface area contributed by atoms with E-state index in [0.29, 0.717) is 12.2 Å². The Balaban J connectivity index is 2.41. The first-order chi connectivity index (χ1) is 8.22. The maximum absolute atomic E-state index is 11.8. The molecule has 1 aliphatic rings. The van der Waals surface area contributed by atoms with Crippen molar-refractivity contribution in [3.63, 3.8) is 0 Å². The van der Waals surface area contributed by atoms with Crippen molar-refractivity contribution in [2.75, 3.05) is 6.61 Å². The van der Waals surface area contributed by atoms with Gasteiger partial charge in [-0.1, -0.05) is 12.2 Å². The minimum Gasteiger partial charge on any atom is -0.462 e. The van der Waals surface area contributed by atoms with Crippen LogP contribution < -0.4 is 0 Å². The lowest BCUT2D eigenvalue weighted by Crippen LogP contribution is -2.10. The van der Waals surface area contributed by atoms with E-state index in [4.69, 9.17) is 4.74 Å². The fourth-order valence-corrected chi connectivity index (χ4v) is 2.03. The summed E-state index contributed by atoms with van der Waals surface area (Å²) in [6.07, 6.45) is 7.36. The molecule has 0 saturated heterocycles. The summed E-state index contributed by atoms with van der Waals surface area (Å²) in [6.45, 7) is 4.07. The first kappa shape index (κ1) is 11.8. The van der Waals surface area contributed by atoms with Crippen LogP contribution in [0.25, 0.3) is 6.08 Å². The zero-order chi connectivity index (χ0) is 12.3. The molecule has 0 unspecified atom stereocenters. The van der Waals surface area contributed by atoms with E-state index in [1.165, 1.54) is 0 Å². The number of fused-ring (bicyclic) bond motifs is 1. The van der Waals surface area contributed by atoms with Gasteiger partial charge in [0.15, 0.2) is 0 Å². The molecule has 0 amide bonds. The molecule has 3 nitrogen and oxygen atoms in total. The van der Waals surface area contributed by atoms with Crippen molar-refractivity contribution in [2.24, 2.45) is 0 Å².